The monoisotopic (exact) mass is 391 g/mol. The molecule has 0 unspecified atom stereocenters. The summed E-state index contributed by atoms with van der Waals surface area (Å²) in [5.41, 5.74) is 1.98. The number of carbonyl (C=O) groups excluding carboxylic acids is 2. The highest BCUT2D eigenvalue weighted by Crippen LogP contribution is 2.15. The summed E-state index contributed by atoms with van der Waals surface area (Å²) in [5, 5.41) is 2.70. The second kappa shape index (κ2) is 8.61. The Labute approximate surface area is 149 Å². The van der Waals surface area contributed by atoms with Crippen molar-refractivity contribution in [1.29, 1.82) is 0 Å². The number of methoxy groups -OCH3 is 1. The quantitative estimate of drug-likeness (QED) is 0.760. The Bertz CT molecular complexity index is 698. The smallest absolute Gasteiger partial charge is 0.338 e. The van der Waals surface area contributed by atoms with Gasteiger partial charge in [0.25, 0.3) is 5.91 Å². The number of ether oxygens (including phenoxy) is 2. The molecule has 24 heavy (non-hydrogen) atoms. The van der Waals surface area contributed by atoms with Crippen LogP contribution < -0.4 is 5.32 Å². The standard InChI is InChI=1S/C18H18BrNO4/c1-12(17(21)20-16-9-7-15(19)8-10-16)24-18(22)14-5-3-13(4-6-14)11-23-2/h3-10,12H,11H2,1-2H3,(H,20,21)/t12-/m1/s1. The van der Waals surface area contributed by atoms with E-state index in [9.17, 15) is 9.59 Å². The molecule has 2 rings (SSSR count). The number of benzene rings is 2. The first kappa shape index (κ1) is 18.2. The Morgan fingerprint density at radius 1 is 1.08 bits per heavy atom. The fourth-order valence-corrected chi connectivity index (χ4v) is 2.23. The van der Waals surface area contributed by atoms with Crippen LogP contribution >= 0.6 is 15.9 Å². The van der Waals surface area contributed by atoms with Gasteiger partial charge in [0.2, 0.25) is 0 Å². The first-order valence-corrected chi connectivity index (χ1v) is 8.14. The predicted octanol–water partition coefficient (Wildman–Crippen LogP) is 3.78. The van der Waals surface area contributed by atoms with Gasteiger partial charge in [-0.1, -0.05) is 28.1 Å². The topological polar surface area (TPSA) is 64.6 Å². The molecular formula is C18H18BrNO4. The van der Waals surface area contributed by atoms with Gasteiger partial charge in [0, 0.05) is 17.3 Å². The molecule has 5 nitrogen and oxygen atoms in total. The summed E-state index contributed by atoms with van der Waals surface area (Å²) in [7, 11) is 1.61. The molecule has 0 radical (unpaired) electrons. The lowest BCUT2D eigenvalue weighted by Gasteiger charge is -2.14. The lowest BCUT2D eigenvalue weighted by Crippen LogP contribution is -2.30. The second-order valence-corrected chi connectivity index (χ2v) is 6.09. The summed E-state index contributed by atoms with van der Waals surface area (Å²) in [4.78, 5) is 24.2. The van der Waals surface area contributed by atoms with Gasteiger partial charge in [-0.15, -0.1) is 0 Å². The molecule has 1 N–H and O–H groups in total. The molecule has 2 aromatic rings. The van der Waals surface area contributed by atoms with E-state index in [1.165, 1.54) is 6.92 Å². The third-order valence-electron chi connectivity index (χ3n) is 3.27. The van der Waals surface area contributed by atoms with Crippen LogP contribution in [-0.4, -0.2) is 25.1 Å². The van der Waals surface area contributed by atoms with Crippen LogP contribution in [0.2, 0.25) is 0 Å². The van der Waals surface area contributed by atoms with Crippen molar-refractivity contribution >= 4 is 33.5 Å². The van der Waals surface area contributed by atoms with Crippen molar-refractivity contribution < 1.29 is 19.1 Å². The molecule has 0 bridgehead atoms. The maximum atomic E-state index is 12.1. The lowest BCUT2D eigenvalue weighted by atomic mass is 10.1. The van der Waals surface area contributed by atoms with Crippen LogP contribution in [0.15, 0.2) is 53.0 Å². The van der Waals surface area contributed by atoms with Crippen LogP contribution in [0.25, 0.3) is 0 Å². The Morgan fingerprint density at radius 2 is 1.71 bits per heavy atom. The van der Waals surface area contributed by atoms with Crippen molar-refractivity contribution in [3.05, 3.63) is 64.1 Å². The fourth-order valence-electron chi connectivity index (χ4n) is 1.96. The van der Waals surface area contributed by atoms with E-state index in [1.807, 2.05) is 12.1 Å². The fraction of sp³-hybridized carbons (Fsp3) is 0.222. The van der Waals surface area contributed by atoms with E-state index in [-0.39, 0.29) is 5.91 Å². The molecular weight excluding hydrogens is 374 g/mol. The first-order chi connectivity index (χ1) is 11.5. The first-order valence-electron chi connectivity index (χ1n) is 7.35. The molecule has 0 aromatic heterocycles. The molecule has 0 aliphatic heterocycles. The van der Waals surface area contributed by atoms with Crippen molar-refractivity contribution in [3.63, 3.8) is 0 Å². The number of hydrogen-bond donors (Lipinski definition) is 1. The van der Waals surface area contributed by atoms with E-state index in [4.69, 9.17) is 9.47 Å². The second-order valence-electron chi connectivity index (χ2n) is 5.17. The van der Waals surface area contributed by atoms with Crippen LogP contribution in [-0.2, 0) is 20.9 Å². The number of amides is 1. The number of anilines is 1. The number of nitrogens with one attached hydrogen (secondary N) is 1. The van der Waals surface area contributed by atoms with Crippen molar-refractivity contribution in [3.8, 4) is 0 Å². The van der Waals surface area contributed by atoms with Crippen LogP contribution in [0.4, 0.5) is 5.69 Å². The number of carbonyl (C=O) groups is 2. The van der Waals surface area contributed by atoms with Crippen molar-refractivity contribution in [2.75, 3.05) is 12.4 Å². The van der Waals surface area contributed by atoms with Crippen molar-refractivity contribution in [2.45, 2.75) is 19.6 Å². The molecule has 6 heteroatoms. The Balaban J connectivity index is 1.92. The van der Waals surface area contributed by atoms with Gasteiger partial charge in [-0.3, -0.25) is 4.79 Å². The van der Waals surface area contributed by atoms with E-state index in [0.717, 1.165) is 10.0 Å². The van der Waals surface area contributed by atoms with E-state index in [0.29, 0.717) is 17.9 Å². The molecule has 0 saturated carbocycles. The number of hydrogen-bond acceptors (Lipinski definition) is 4. The molecule has 0 spiro atoms. The van der Waals surface area contributed by atoms with Crippen LogP contribution in [0.5, 0.6) is 0 Å². The minimum Gasteiger partial charge on any atom is -0.449 e. The van der Waals surface area contributed by atoms with Gasteiger partial charge in [0.15, 0.2) is 6.10 Å². The van der Waals surface area contributed by atoms with E-state index < -0.39 is 12.1 Å². The summed E-state index contributed by atoms with van der Waals surface area (Å²) in [6.45, 7) is 2.01. The van der Waals surface area contributed by atoms with E-state index >= 15 is 0 Å². The zero-order valence-electron chi connectivity index (χ0n) is 13.4. The maximum Gasteiger partial charge on any atom is 0.338 e. The van der Waals surface area contributed by atoms with Crippen molar-refractivity contribution in [2.24, 2.45) is 0 Å². The minimum atomic E-state index is -0.903. The number of halogens is 1. The lowest BCUT2D eigenvalue weighted by molar-refractivity contribution is -0.123. The molecule has 0 aliphatic carbocycles. The largest absolute Gasteiger partial charge is 0.449 e. The highest BCUT2D eigenvalue weighted by Gasteiger charge is 2.19. The Kier molecular flexibility index (Phi) is 6.52. The average Bonchev–Trinajstić information content (AvgIpc) is 2.57. The zero-order valence-corrected chi connectivity index (χ0v) is 15.0. The summed E-state index contributed by atoms with van der Waals surface area (Å²) < 4.78 is 11.1. The Morgan fingerprint density at radius 3 is 2.29 bits per heavy atom. The Hall–Kier alpha value is -2.18. The number of esters is 1. The maximum absolute atomic E-state index is 12.1. The van der Waals surface area contributed by atoms with Gasteiger partial charge in [0.1, 0.15) is 0 Å². The number of rotatable bonds is 6. The molecule has 126 valence electrons. The highest BCUT2D eigenvalue weighted by atomic mass is 79.9. The normalized spacial score (nSPS) is 11.6. The predicted molar refractivity (Wildman–Crippen MR) is 94.8 cm³/mol. The minimum absolute atomic E-state index is 0.387. The SMILES string of the molecule is COCc1ccc(C(=O)O[C@H](C)C(=O)Nc2ccc(Br)cc2)cc1. The summed E-state index contributed by atoms with van der Waals surface area (Å²) >= 11 is 3.32. The summed E-state index contributed by atoms with van der Waals surface area (Å²) in [6, 6.07) is 14.0. The van der Waals surface area contributed by atoms with Crippen LogP contribution in [0.1, 0.15) is 22.8 Å². The molecule has 0 heterocycles. The van der Waals surface area contributed by atoms with Gasteiger partial charge in [0.05, 0.1) is 12.2 Å². The molecule has 1 atom stereocenters. The molecule has 1 amide bonds. The van der Waals surface area contributed by atoms with E-state index in [1.54, 1.807) is 43.5 Å². The van der Waals surface area contributed by atoms with Gasteiger partial charge >= 0.3 is 5.97 Å². The molecule has 0 fully saturated rings. The van der Waals surface area contributed by atoms with Crippen LogP contribution in [0, 0.1) is 0 Å². The molecule has 2 aromatic carbocycles. The third kappa shape index (κ3) is 5.18. The van der Waals surface area contributed by atoms with Gasteiger partial charge in [-0.05, 0) is 48.9 Å². The molecule has 0 saturated heterocycles. The van der Waals surface area contributed by atoms with Gasteiger partial charge < -0.3 is 14.8 Å². The van der Waals surface area contributed by atoms with Crippen molar-refractivity contribution in [1.82, 2.24) is 0 Å². The molecule has 0 aliphatic rings. The van der Waals surface area contributed by atoms with Crippen LogP contribution in [0.3, 0.4) is 0 Å². The summed E-state index contributed by atoms with van der Waals surface area (Å²) in [6.07, 6.45) is -0.903. The zero-order chi connectivity index (χ0) is 17.5. The highest BCUT2D eigenvalue weighted by molar-refractivity contribution is 9.10. The van der Waals surface area contributed by atoms with Gasteiger partial charge in [-0.2, -0.15) is 0 Å². The third-order valence-corrected chi connectivity index (χ3v) is 3.79. The average molecular weight is 392 g/mol. The van der Waals surface area contributed by atoms with E-state index in [2.05, 4.69) is 21.2 Å². The summed E-state index contributed by atoms with van der Waals surface area (Å²) in [5.74, 6) is -0.931. The van der Waals surface area contributed by atoms with Gasteiger partial charge in [-0.25, -0.2) is 4.79 Å².